The van der Waals surface area contributed by atoms with Crippen LogP contribution in [-0.2, 0) is 27.4 Å². The number of esters is 1. The van der Waals surface area contributed by atoms with Crippen LogP contribution in [-0.4, -0.2) is 46.7 Å². The van der Waals surface area contributed by atoms with Crippen molar-refractivity contribution in [2.45, 2.75) is 32.9 Å². The Kier molecular flexibility index (Phi) is 9.07. The van der Waals surface area contributed by atoms with Gasteiger partial charge >= 0.3 is 5.97 Å². The summed E-state index contributed by atoms with van der Waals surface area (Å²) in [5, 5.41) is 10.5. The molecule has 194 valence electrons. The van der Waals surface area contributed by atoms with Gasteiger partial charge in [-0.1, -0.05) is 18.2 Å². The van der Waals surface area contributed by atoms with E-state index in [-0.39, 0.29) is 17.2 Å². The maximum atomic E-state index is 12.9. The number of benzene rings is 2. The van der Waals surface area contributed by atoms with Gasteiger partial charge in [0.2, 0.25) is 0 Å². The number of nitro groups is 1. The minimum absolute atomic E-state index is 0.0386. The lowest BCUT2D eigenvalue weighted by molar-refractivity contribution is -0.384. The van der Waals surface area contributed by atoms with E-state index < -0.39 is 28.1 Å². The predicted octanol–water partition coefficient (Wildman–Crippen LogP) is 4.90. The standard InChI is InChI=1S/C26H26N2O8S/c1-5-8-19-11-18(14-22-24(29)27(26(31)37-22)16(3)25(30)34-4)13-21(35-6-2)23(19)36-15-17-9-7-10-20(12-17)28(32)33/h5,7,9-14,16H,1,6,8,15H2,2-4H3/b22-14+/t16-/m1/s1. The van der Waals surface area contributed by atoms with Gasteiger partial charge in [-0.05, 0) is 61.4 Å². The molecule has 0 bridgehead atoms. The summed E-state index contributed by atoms with van der Waals surface area (Å²) in [4.78, 5) is 48.8. The van der Waals surface area contributed by atoms with Crippen LogP contribution in [0.1, 0.15) is 30.5 Å². The fourth-order valence-corrected chi connectivity index (χ4v) is 4.57. The van der Waals surface area contributed by atoms with Gasteiger partial charge in [0, 0.05) is 17.7 Å². The third-order valence-corrected chi connectivity index (χ3v) is 6.26. The van der Waals surface area contributed by atoms with Crippen molar-refractivity contribution < 1.29 is 33.5 Å². The van der Waals surface area contributed by atoms with Crippen LogP contribution in [0.3, 0.4) is 0 Å². The van der Waals surface area contributed by atoms with Crippen LogP contribution in [0, 0.1) is 10.1 Å². The third kappa shape index (κ3) is 6.36. The Balaban J connectivity index is 1.95. The predicted molar refractivity (Wildman–Crippen MR) is 138 cm³/mol. The lowest BCUT2D eigenvalue weighted by Crippen LogP contribution is -2.42. The van der Waals surface area contributed by atoms with Crippen molar-refractivity contribution in [3.63, 3.8) is 0 Å². The Hall–Kier alpha value is -4.12. The highest BCUT2D eigenvalue weighted by Crippen LogP contribution is 2.38. The number of non-ortho nitro benzene ring substituents is 1. The van der Waals surface area contributed by atoms with E-state index in [1.54, 1.807) is 36.4 Å². The first-order chi connectivity index (χ1) is 17.7. The molecule has 3 rings (SSSR count). The lowest BCUT2D eigenvalue weighted by Gasteiger charge is -2.18. The van der Waals surface area contributed by atoms with Crippen LogP contribution in [0.4, 0.5) is 10.5 Å². The van der Waals surface area contributed by atoms with Gasteiger partial charge in [-0.2, -0.15) is 0 Å². The number of imide groups is 1. The molecule has 0 N–H and O–H groups in total. The highest BCUT2D eigenvalue weighted by atomic mass is 32.2. The molecule has 0 unspecified atom stereocenters. The number of nitro benzene ring substituents is 1. The van der Waals surface area contributed by atoms with Gasteiger partial charge in [0.15, 0.2) is 11.5 Å². The molecule has 1 aliphatic heterocycles. The molecule has 11 heteroatoms. The van der Waals surface area contributed by atoms with Crippen molar-refractivity contribution in [3.05, 3.63) is 80.8 Å². The van der Waals surface area contributed by atoms with E-state index in [1.165, 1.54) is 26.2 Å². The van der Waals surface area contributed by atoms with Crippen LogP contribution >= 0.6 is 11.8 Å². The zero-order valence-corrected chi connectivity index (χ0v) is 21.4. The van der Waals surface area contributed by atoms with E-state index in [1.807, 2.05) is 6.92 Å². The molecule has 2 amide bonds. The Morgan fingerprint density at radius 1 is 1.24 bits per heavy atom. The van der Waals surface area contributed by atoms with Crippen LogP contribution in [0.5, 0.6) is 11.5 Å². The second-order valence-electron chi connectivity index (χ2n) is 7.90. The van der Waals surface area contributed by atoms with Crippen molar-refractivity contribution in [1.29, 1.82) is 0 Å². The van der Waals surface area contributed by atoms with E-state index in [9.17, 15) is 24.5 Å². The molecule has 10 nitrogen and oxygen atoms in total. The molecule has 1 saturated heterocycles. The van der Waals surface area contributed by atoms with Crippen molar-refractivity contribution in [1.82, 2.24) is 4.90 Å². The van der Waals surface area contributed by atoms with E-state index in [0.717, 1.165) is 16.7 Å². The molecule has 0 radical (unpaired) electrons. The maximum Gasteiger partial charge on any atom is 0.328 e. The molecule has 0 aliphatic carbocycles. The smallest absolute Gasteiger partial charge is 0.328 e. The van der Waals surface area contributed by atoms with Crippen molar-refractivity contribution in [2.75, 3.05) is 13.7 Å². The van der Waals surface area contributed by atoms with Gasteiger partial charge in [0.05, 0.1) is 23.5 Å². The molecular formula is C26H26N2O8S. The third-order valence-electron chi connectivity index (χ3n) is 5.37. The Bertz CT molecular complexity index is 1270. The number of carbonyl (C=O) groups excluding carboxylic acids is 3. The number of methoxy groups -OCH3 is 1. The summed E-state index contributed by atoms with van der Waals surface area (Å²) in [6, 6.07) is 8.56. The van der Waals surface area contributed by atoms with Gasteiger partial charge in [0.1, 0.15) is 12.6 Å². The Morgan fingerprint density at radius 2 is 2.00 bits per heavy atom. The van der Waals surface area contributed by atoms with E-state index in [0.29, 0.717) is 41.2 Å². The van der Waals surface area contributed by atoms with Gasteiger partial charge < -0.3 is 14.2 Å². The topological polar surface area (TPSA) is 125 Å². The molecule has 1 fully saturated rings. The number of thioether (sulfide) groups is 1. The number of ether oxygens (including phenoxy) is 3. The summed E-state index contributed by atoms with van der Waals surface area (Å²) in [5.41, 5.74) is 1.86. The fraction of sp³-hybridized carbons (Fsp3) is 0.269. The number of hydrogen-bond acceptors (Lipinski definition) is 9. The first kappa shape index (κ1) is 27.5. The SMILES string of the molecule is C=CCc1cc(/C=C2/SC(=O)N([C@H](C)C(=O)OC)C2=O)cc(OCC)c1OCc1cccc([N+](=O)[O-])c1. The minimum atomic E-state index is -1.05. The summed E-state index contributed by atoms with van der Waals surface area (Å²) >= 11 is 0.730. The molecule has 2 aromatic carbocycles. The number of carbonyl (C=O) groups is 3. The summed E-state index contributed by atoms with van der Waals surface area (Å²) < 4.78 is 16.5. The second-order valence-corrected chi connectivity index (χ2v) is 8.89. The first-order valence-corrected chi connectivity index (χ1v) is 12.1. The molecule has 0 spiro atoms. The van der Waals surface area contributed by atoms with Gasteiger partial charge in [-0.3, -0.25) is 24.6 Å². The summed E-state index contributed by atoms with van der Waals surface area (Å²) in [5.74, 6) is -0.443. The molecule has 0 aromatic heterocycles. The van der Waals surface area contributed by atoms with E-state index in [2.05, 4.69) is 11.3 Å². The quantitative estimate of drug-likeness (QED) is 0.132. The first-order valence-electron chi connectivity index (χ1n) is 11.3. The number of nitrogens with zero attached hydrogens (tertiary/aromatic N) is 2. The van der Waals surface area contributed by atoms with Gasteiger partial charge in [-0.15, -0.1) is 6.58 Å². The average molecular weight is 527 g/mol. The number of allylic oxidation sites excluding steroid dienone is 1. The van der Waals surface area contributed by atoms with Crippen molar-refractivity contribution in [2.24, 2.45) is 0 Å². The van der Waals surface area contributed by atoms with Crippen LogP contribution in [0.2, 0.25) is 0 Å². The average Bonchev–Trinajstić information content (AvgIpc) is 3.15. The largest absolute Gasteiger partial charge is 0.490 e. The van der Waals surface area contributed by atoms with Gasteiger partial charge in [0.25, 0.3) is 16.8 Å². The molecule has 0 saturated carbocycles. The minimum Gasteiger partial charge on any atom is -0.490 e. The highest BCUT2D eigenvalue weighted by Gasteiger charge is 2.41. The zero-order valence-electron chi connectivity index (χ0n) is 20.6. The highest BCUT2D eigenvalue weighted by molar-refractivity contribution is 8.18. The van der Waals surface area contributed by atoms with Crippen LogP contribution in [0.15, 0.2) is 54.0 Å². The zero-order chi connectivity index (χ0) is 27.1. The number of rotatable bonds is 11. The molecule has 37 heavy (non-hydrogen) atoms. The molecular weight excluding hydrogens is 500 g/mol. The van der Waals surface area contributed by atoms with Crippen LogP contribution < -0.4 is 9.47 Å². The Labute approximate surface area is 218 Å². The molecule has 2 aromatic rings. The summed E-state index contributed by atoms with van der Waals surface area (Å²) in [6.45, 7) is 7.42. The Morgan fingerprint density at radius 3 is 2.65 bits per heavy atom. The summed E-state index contributed by atoms with van der Waals surface area (Å²) in [6.07, 6.45) is 3.64. The number of hydrogen-bond donors (Lipinski definition) is 0. The van der Waals surface area contributed by atoms with Gasteiger partial charge in [-0.25, -0.2) is 4.79 Å². The molecule has 1 heterocycles. The van der Waals surface area contributed by atoms with Crippen molar-refractivity contribution in [3.8, 4) is 11.5 Å². The van der Waals surface area contributed by atoms with Crippen molar-refractivity contribution >= 4 is 40.6 Å². The second kappa shape index (κ2) is 12.2. The molecule has 1 aliphatic rings. The fourth-order valence-electron chi connectivity index (χ4n) is 3.66. The number of amides is 2. The maximum absolute atomic E-state index is 12.9. The summed E-state index contributed by atoms with van der Waals surface area (Å²) in [7, 11) is 1.19. The lowest BCUT2D eigenvalue weighted by atomic mass is 10.0. The molecule has 1 atom stereocenters. The normalized spacial score (nSPS) is 15.0. The van der Waals surface area contributed by atoms with E-state index >= 15 is 0 Å². The van der Waals surface area contributed by atoms with Crippen LogP contribution in [0.25, 0.3) is 6.08 Å². The van der Waals surface area contributed by atoms with E-state index in [4.69, 9.17) is 9.47 Å². The monoisotopic (exact) mass is 526 g/mol.